The largest absolute Gasteiger partial charge is 0.530 e. The van der Waals surface area contributed by atoms with Crippen molar-refractivity contribution in [2.45, 2.75) is 114 Å². The maximum Gasteiger partial charge on any atom is 0.530 e. The Bertz CT molecular complexity index is 4920. The summed E-state index contributed by atoms with van der Waals surface area (Å²) in [7, 11) is -8.22. The predicted octanol–water partition coefficient (Wildman–Crippen LogP) is 26.0. The van der Waals surface area contributed by atoms with Crippen LogP contribution in [0.25, 0.3) is 0 Å². The molecule has 4 aliphatic rings. The molecule has 4 saturated heterocycles. The van der Waals surface area contributed by atoms with E-state index in [1.54, 1.807) is 0 Å². The molecule has 4 fully saturated rings. The van der Waals surface area contributed by atoms with Crippen LogP contribution < -0.4 is 54.3 Å². The van der Waals surface area contributed by atoms with Crippen molar-refractivity contribution in [1.82, 2.24) is 0 Å². The van der Waals surface area contributed by atoms with Crippen molar-refractivity contribution >= 4 is 57.9 Å². The number of aryl methyl sites for hydroxylation is 10. The van der Waals surface area contributed by atoms with E-state index in [1.807, 2.05) is 260 Å². The van der Waals surface area contributed by atoms with Gasteiger partial charge in [0.2, 0.25) is 0 Å². The Morgan fingerprint density at radius 3 is 0.700 bits per heavy atom. The zero-order chi connectivity index (χ0) is 82.9. The summed E-state index contributed by atoms with van der Waals surface area (Å²) >= 11 is 3.03. The van der Waals surface area contributed by atoms with Crippen molar-refractivity contribution in [2.75, 3.05) is 52.9 Å². The van der Waals surface area contributed by atoms with Crippen molar-refractivity contribution in [1.29, 1.82) is 0 Å². The highest BCUT2D eigenvalue weighted by Crippen LogP contribution is 2.57. The van der Waals surface area contributed by atoms with Crippen LogP contribution in [0.3, 0.4) is 0 Å². The van der Waals surface area contributed by atoms with Crippen LogP contribution in [0.4, 0.5) is 0 Å². The molecule has 0 aromatic heterocycles. The lowest BCUT2D eigenvalue weighted by Gasteiger charge is -2.25. The summed E-state index contributed by atoms with van der Waals surface area (Å²) in [6.45, 7) is 24.0. The lowest BCUT2D eigenvalue weighted by atomic mass is 10.1. The molecule has 4 aliphatic heterocycles. The monoisotopic (exact) mass is 1730 g/mol. The first-order valence-electron chi connectivity index (χ1n) is 39.2. The first kappa shape index (κ1) is 85.3. The molecule has 16 rings (SSSR count). The molecule has 0 saturated carbocycles. The van der Waals surface area contributed by atoms with E-state index in [0.29, 0.717) is 122 Å². The molecule has 620 valence electrons. The van der Waals surface area contributed by atoms with E-state index in [9.17, 15) is 0 Å². The van der Waals surface area contributed by atoms with Crippen LogP contribution in [0, 0.1) is 69.2 Å². The number of ether oxygens (including phenoxy) is 8. The summed E-state index contributed by atoms with van der Waals surface area (Å²) in [5, 5.41) is 0. The van der Waals surface area contributed by atoms with Crippen LogP contribution in [-0.4, -0.2) is 52.9 Å². The van der Waals surface area contributed by atoms with E-state index in [4.69, 9.17) is 92.2 Å². The third-order valence-corrected chi connectivity index (χ3v) is 25.3. The highest BCUT2D eigenvalue weighted by molar-refractivity contribution is 7.99. The third-order valence-electron chi connectivity index (χ3n) is 19.0. The number of rotatable bonds is 32. The minimum atomic E-state index is -2.22. The van der Waals surface area contributed by atoms with Crippen molar-refractivity contribution in [2.24, 2.45) is 0 Å². The van der Waals surface area contributed by atoms with E-state index < -0.39 is 59.6 Å². The molecule has 0 N–H and O–H groups in total. The van der Waals surface area contributed by atoms with Gasteiger partial charge in [-0.15, -0.1) is 0 Å². The smallest absolute Gasteiger partial charge is 0.408 e. The van der Waals surface area contributed by atoms with Crippen molar-refractivity contribution in [3.8, 4) is 69.0 Å². The van der Waals surface area contributed by atoms with E-state index in [-0.39, 0.29) is 0 Å². The summed E-state index contributed by atoms with van der Waals surface area (Å²) in [6, 6.07) is 82.2. The molecule has 4 heterocycles. The molecular formula is C94H92O20P4S2. The lowest BCUT2D eigenvalue weighted by molar-refractivity contribution is -0.0456. The van der Waals surface area contributed by atoms with Crippen LogP contribution in [0.5, 0.6) is 69.0 Å². The summed E-state index contributed by atoms with van der Waals surface area (Å²) in [4.78, 5) is 3.34. The van der Waals surface area contributed by atoms with Gasteiger partial charge >= 0.3 is 34.4 Å². The molecule has 0 bridgehead atoms. The van der Waals surface area contributed by atoms with E-state index >= 15 is 0 Å². The van der Waals surface area contributed by atoms with Gasteiger partial charge in [0.25, 0.3) is 0 Å². The molecule has 20 nitrogen and oxygen atoms in total. The second-order valence-electron chi connectivity index (χ2n) is 28.4. The minimum absolute atomic E-state index is 0.471. The molecule has 0 amide bonds. The first-order chi connectivity index (χ1) is 58.5. The fourth-order valence-electron chi connectivity index (χ4n) is 13.0. The lowest BCUT2D eigenvalue weighted by Crippen LogP contribution is -2.09. The van der Waals surface area contributed by atoms with Crippen molar-refractivity contribution < 1.29 is 92.2 Å². The molecule has 120 heavy (non-hydrogen) atoms. The molecule has 0 spiro atoms. The Hall–Kier alpha value is -9.66. The van der Waals surface area contributed by atoms with Crippen LogP contribution >= 0.6 is 57.9 Å². The van der Waals surface area contributed by atoms with E-state index in [1.165, 1.54) is 23.5 Å². The summed E-state index contributed by atoms with van der Waals surface area (Å²) in [5.41, 5.74) is 12.8. The van der Waals surface area contributed by atoms with E-state index in [2.05, 4.69) is 64.1 Å². The van der Waals surface area contributed by atoms with Gasteiger partial charge in [-0.25, -0.2) is 0 Å². The zero-order valence-electron chi connectivity index (χ0n) is 68.0. The van der Waals surface area contributed by atoms with Crippen LogP contribution in [0.2, 0.25) is 0 Å². The second-order valence-corrected chi connectivity index (χ2v) is 34.6. The standard InChI is InChI=1S/C52H52O14P2S.C42H40O6P2S/c1-33-29-35(3)47(65-67(61-41-17-9-5-13-37(41)49-53-21-22-54-49)62-42-18-10-6-14-38(42)50-55-23-24-56-50)45(31-33)69-46-32-34(2)30-36(4)48(46)66-68(63-43-19-11-7-15-39(43)51-57-25-26-58-51)64-44-20-12-8-16-40(44)52-59-27-28-60-52;1-29-23-25-39(47-49(43-35-19-11-7-15-31(35)3)44-36-20-12-8-16-32(36)4)41(27-29)51-42-28-30(2)24-26-40(42)48-50(45-37-21-13-9-17-33(37)5)46-38-22-14-10-18-34(38)6/h5-20,29-32,49-52H,21-28H2,1-4H3;7-28H,1-6H3. The Morgan fingerprint density at radius 2 is 0.425 bits per heavy atom. The van der Waals surface area contributed by atoms with Gasteiger partial charge in [-0.1, -0.05) is 193 Å². The quantitative estimate of drug-likeness (QED) is 0.0362. The van der Waals surface area contributed by atoms with Gasteiger partial charge in [0.1, 0.15) is 69.0 Å². The molecular weight excluding hydrogens is 1640 g/mol. The second kappa shape index (κ2) is 41.3. The minimum Gasteiger partial charge on any atom is -0.408 e. The number of hydrogen-bond acceptors (Lipinski definition) is 22. The zero-order valence-corrected chi connectivity index (χ0v) is 73.2. The van der Waals surface area contributed by atoms with Crippen molar-refractivity contribution in [3.05, 3.63) is 333 Å². The third kappa shape index (κ3) is 22.3. The first-order valence-corrected chi connectivity index (χ1v) is 45.2. The molecule has 0 unspecified atom stereocenters. The average molecular weight is 1730 g/mol. The number of benzene rings is 12. The molecule has 12 aromatic rings. The van der Waals surface area contributed by atoms with Crippen LogP contribution in [0.1, 0.15) is 103 Å². The normalized spacial score (nSPS) is 14.4. The Labute approximate surface area is 714 Å². The van der Waals surface area contributed by atoms with Gasteiger partial charge in [-0.2, -0.15) is 0 Å². The van der Waals surface area contributed by atoms with Gasteiger partial charge < -0.3 is 92.2 Å². The molecule has 26 heteroatoms. The van der Waals surface area contributed by atoms with Crippen LogP contribution in [0.15, 0.2) is 274 Å². The fraction of sp³-hybridized carbons (Fsp3) is 0.234. The van der Waals surface area contributed by atoms with Crippen molar-refractivity contribution in [3.63, 3.8) is 0 Å². The Morgan fingerprint density at radius 1 is 0.208 bits per heavy atom. The predicted molar refractivity (Wildman–Crippen MR) is 467 cm³/mol. The van der Waals surface area contributed by atoms with Crippen LogP contribution in [-0.2, 0) is 37.9 Å². The van der Waals surface area contributed by atoms with Gasteiger partial charge in [0, 0.05) is 0 Å². The van der Waals surface area contributed by atoms with Gasteiger partial charge in [-0.05, 0) is 210 Å². The Kier molecular flexibility index (Phi) is 29.3. The fourth-order valence-corrected chi connectivity index (χ4v) is 20.3. The molecule has 0 atom stereocenters. The highest BCUT2D eigenvalue weighted by Gasteiger charge is 2.36. The average Bonchev–Trinajstić information content (AvgIpc) is 1.35. The number of para-hydroxylation sites is 8. The van der Waals surface area contributed by atoms with Gasteiger partial charge in [-0.3, -0.25) is 0 Å². The summed E-state index contributed by atoms with van der Waals surface area (Å²) < 4.78 is 127. The highest BCUT2D eigenvalue weighted by atomic mass is 32.2. The van der Waals surface area contributed by atoms with Gasteiger partial charge in [0.15, 0.2) is 25.2 Å². The summed E-state index contributed by atoms with van der Waals surface area (Å²) in [5.74, 6) is 7.16. The van der Waals surface area contributed by atoms with Gasteiger partial charge in [0.05, 0.1) is 94.7 Å². The number of hydrogen-bond donors (Lipinski definition) is 0. The molecule has 0 aliphatic carbocycles. The maximum atomic E-state index is 7.01. The maximum absolute atomic E-state index is 7.01. The topological polar surface area (TPSA) is 185 Å². The molecule has 0 radical (unpaired) electrons. The van der Waals surface area contributed by atoms with E-state index in [0.717, 1.165) is 97.5 Å². The summed E-state index contributed by atoms with van der Waals surface area (Å²) in [6.07, 6.45) is -2.41. The SMILES string of the molecule is Cc1cc(C)c(OP(Oc2ccccc2C2OCCO2)Oc2ccccc2C2OCCO2)c(Sc2cc(C)cc(C)c2OP(Oc2ccccc2C2OCCO2)Oc2ccccc2C2OCCO2)c1.Cc1ccc(OP(Oc2ccccc2C)Oc2ccccc2C)c(Sc2cc(C)ccc2OP(Oc2ccccc2C)Oc2ccccc2C)c1. The Balaban J connectivity index is 0.000000196. The molecule has 12 aromatic carbocycles.